The smallest absolute Gasteiger partial charge is 0.343 e. The molecule has 28 heavy (non-hydrogen) atoms. The number of pyridine rings is 1. The summed E-state index contributed by atoms with van der Waals surface area (Å²) in [5.74, 6) is -0.413. The molecule has 0 saturated carbocycles. The monoisotopic (exact) mass is 426 g/mol. The third kappa shape index (κ3) is 6.99. The quantitative estimate of drug-likeness (QED) is 0.363. The Balaban J connectivity index is 1.74. The molecule has 1 aromatic carbocycles. The lowest BCUT2D eigenvalue weighted by Gasteiger charge is -2.12. The van der Waals surface area contributed by atoms with Gasteiger partial charge in [-0.2, -0.15) is 0 Å². The molecule has 1 aromatic heterocycles. The molecule has 0 saturated heterocycles. The lowest BCUT2D eigenvalue weighted by molar-refractivity contribution is -0.142. The van der Waals surface area contributed by atoms with Gasteiger partial charge in [-0.1, -0.05) is 35.3 Å². The van der Waals surface area contributed by atoms with Crippen molar-refractivity contribution in [2.75, 3.05) is 20.3 Å². The highest BCUT2D eigenvalue weighted by molar-refractivity contribution is 6.32. The number of methoxy groups -OCH3 is 1. The second-order valence-corrected chi connectivity index (χ2v) is 6.63. The number of benzene rings is 1. The summed E-state index contributed by atoms with van der Waals surface area (Å²) in [6.07, 6.45) is 0.0310. The number of nitrogens with zero attached hydrogens (tertiary/aromatic N) is 1. The van der Waals surface area contributed by atoms with Crippen LogP contribution in [0.1, 0.15) is 23.7 Å². The molecule has 0 aliphatic heterocycles. The van der Waals surface area contributed by atoms with Crippen molar-refractivity contribution in [2.45, 2.75) is 18.9 Å². The normalized spacial score (nSPS) is 11.6. The van der Waals surface area contributed by atoms with Gasteiger partial charge in [0.05, 0.1) is 7.11 Å². The van der Waals surface area contributed by atoms with Crippen molar-refractivity contribution >= 4 is 35.1 Å². The van der Waals surface area contributed by atoms with Crippen molar-refractivity contribution in [3.63, 3.8) is 0 Å². The first kappa shape index (κ1) is 21.9. The van der Waals surface area contributed by atoms with Crippen molar-refractivity contribution in [3.8, 4) is 5.75 Å². The lowest BCUT2D eigenvalue weighted by atomic mass is 10.1. The average molecular weight is 427 g/mol. The minimum atomic E-state index is -1.37. The number of aryl methyl sites for hydroxylation is 1. The number of carbonyl (C=O) groups is 2. The zero-order valence-corrected chi connectivity index (χ0v) is 16.7. The number of aliphatic hydroxyl groups is 1. The molecule has 2 aromatic rings. The summed E-state index contributed by atoms with van der Waals surface area (Å²) in [5, 5.41) is 13.0. The summed E-state index contributed by atoms with van der Waals surface area (Å²) in [6.45, 7) is 0.251. The van der Waals surface area contributed by atoms with Crippen LogP contribution in [0, 0.1) is 0 Å². The Bertz CT molecular complexity index is 794. The van der Waals surface area contributed by atoms with Gasteiger partial charge in [-0.3, -0.25) is 4.79 Å². The van der Waals surface area contributed by atoms with Crippen LogP contribution >= 0.6 is 23.2 Å². The van der Waals surface area contributed by atoms with E-state index in [1.807, 2.05) is 12.1 Å². The van der Waals surface area contributed by atoms with E-state index < -0.39 is 18.0 Å². The number of halogens is 2. The molecule has 2 N–H and O–H groups in total. The number of rotatable bonds is 9. The second-order valence-electron chi connectivity index (χ2n) is 5.85. The van der Waals surface area contributed by atoms with Crippen molar-refractivity contribution in [1.29, 1.82) is 0 Å². The SMILES string of the molecule is COC(=O)COc1ccc(CCCNC(=O)C(O)c2cc(Cl)nc(Cl)c2)cc1. The van der Waals surface area contributed by atoms with Crippen LogP contribution in [0.25, 0.3) is 0 Å². The largest absolute Gasteiger partial charge is 0.482 e. The number of nitrogens with one attached hydrogen (secondary N) is 1. The van der Waals surface area contributed by atoms with Gasteiger partial charge in [-0.25, -0.2) is 9.78 Å². The summed E-state index contributed by atoms with van der Waals surface area (Å²) in [6, 6.07) is 10.1. The summed E-state index contributed by atoms with van der Waals surface area (Å²) >= 11 is 11.6. The molecule has 0 spiro atoms. The number of carbonyl (C=O) groups excluding carboxylic acids is 2. The zero-order valence-electron chi connectivity index (χ0n) is 15.2. The summed E-state index contributed by atoms with van der Waals surface area (Å²) in [5.41, 5.74) is 1.33. The van der Waals surface area contributed by atoms with E-state index in [9.17, 15) is 14.7 Å². The molecule has 1 heterocycles. The van der Waals surface area contributed by atoms with Gasteiger partial charge in [0, 0.05) is 6.54 Å². The summed E-state index contributed by atoms with van der Waals surface area (Å²) in [7, 11) is 1.30. The highest BCUT2D eigenvalue weighted by Gasteiger charge is 2.18. The predicted molar refractivity (Wildman–Crippen MR) is 105 cm³/mol. The minimum absolute atomic E-state index is 0.105. The third-order valence-electron chi connectivity index (χ3n) is 3.80. The molecule has 0 aliphatic carbocycles. The number of aromatic nitrogens is 1. The van der Waals surface area contributed by atoms with Gasteiger partial charge >= 0.3 is 5.97 Å². The van der Waals surface area contributed by atoms with E-state index >= 15 is 0 Å². The van der Waals surface area contributed by atoms with E-state index in [-0.39, 0.29) is 22.5 Å². The number of aliphatic hydroxyl groups excluding tert-OH is 1. The number of amides is 1. The molecule has 0 fully saturated rings. The maximum atomic E-state index is 12.1. The van der Waals surface area contributed by atoms with E-state index in [1.165, 1.54) is 19.2 Å². The van der Waals surface area contributed by atoms with Crippen LogP contribution in [0.15, 0.2) is 36.4 Å². The van der Waals surface area contributed by atoms with Gasteiger partial charge in [0.1, 0.15) is 16.1 Å². The van der Waals surface area contributed by atoms with Gasteiger partial charge in [0.2, 0.25) is 0 Å². The minimum Gasteiger partial charge on any atom is -0.482 e. The van der Waals surface area contributed by atoms with E-state index in [0.717, 1.165) is 12.0 Å². The highest BCUT2D eigenvalue weighted by atomic mass is 35.5. The van der Waals surface area contributed by atoms with Crippen LogP contribution in [0.4, 0.5) is 0 Å². The second kappa shape index (κ2) is 10.8. The average Bonchev–Trinajstić information content (AvgIpc) is 2.68. The first-order valence-corrected chi connectivity index (χ1v) is 9.22. The summed E-state index contributed by atoms with van der Waals surface area (Å²) in [4.78, 5) is 26.9. The fourth-order valence-electron chi connectivity index (χ4n) is 2.35. The number of ether oxygens (including phenoxy) is 2. The zero-order chi connectivity index (χ0) is 20.5. The van der Waals surface area contributed by atoms with Gasteiger partial charge in [-0.15, -0.1) is 0 Å². The summed E-state index contributed by atoms with van der Waals surface area (Å²) < 4.78 is 9.78. The fourth-order valence-corrected chi connectivity index (χ4v) is 2.82. The molecule has 0 radical (unpaired) electrons. The molecule has 1 atom stereocenters. The Morgan fingerprint density at radius 1 is 1.18 bits per heavy atom. The molecule has 9 heteroatoms. The van der Waals surface area contributed by atoms with Crippen LogP contribution in [0.3, 0.4) is 0 Å². The Kier molecular flexibility index (Phi) is 8.50. The first-order chi connectivity index (χ1) is 13.4. The van der Waals surface area contributed by atoms with E-state index in [2.05, 4.69) is 15.0 Å². The van der Waals surface area contributed by atoms with Crippen LogP contribution in [-0.4, -0.2) is 42.2 Å². The number of esters is 1. The van der Waals surface area contributed by atoms with Gasteiger partial charge in [-0.05, 0) is 48.2 Å². The van der Waals surface area contributed by atoms with Gasteiger partial charge in [0.15, 0.2) is 12.7 Å². The Morgan fingerprint density at radius 3 is 2.43 bits per heavy atom. The van der Waals surface area contributed by atoms with Crippen LogP contribution in [0.2, 0.25) is 10.3 Å². The van der Waals surface area contributed by atoms with Crippen molar-refractivity contribution in [3.05, 3.63) is 57.8 Å². The van der Waals surface area contributed by atoms with Crippen molar-refractivity contribution in [2.24, 2.45) is 0 Å². The van der Waals surface area contributed by atoms with E-state index in [1.54, 1.807) is 12.1 Å². The molecule has 1 unspecified atom stereocenters. The van der Waals surface area contributed by atoms with E-state index in [0.29, 0.717) is 18.7 Å². The Labute approximate surface area is 172 Å². The van der Waals surface area contributed by atoms with Crippen LogP contribution in [0.5, 0.6) is 5.75 Å². The Hall–Kier alpha value is -2.35. The number of hydrogen-bond donors (Lipinski definition) is 2. The van der Waals surface area contributed by atoms with Gasteiger partial charge in [0.25, 0.3) is 5.91 Å². The van der Waals surface area contributed by atoms with Gasteiger partial charge < -0.3 is 19.9 Å². The highest BCUT2D eigenvalue weighted by Crippen LogP contribution is 2.20. The fraction of sp³-hybridized carbons (Fsp3) is 0.316. The molecule has 0 bridgehead atoms. The molecule has 150 valence electrons. The topological polar surface area (TPSA) is 97.8 Å². The van der Waals surface area contributed by atoms with Crippen LogP contribution < -0.4 is 10.1 Å². The molecular weight excluding hydrogens is 407 g/mol. The molecule has 2 rings (SSSR count). The van der Waals surface area contributed by atoms with Crippen molar-refractivity contribution < 1.29 is 24.2 Å². The molecule has 0 aliphatic rings. The third-order valence-corrected chi connectivity index (χ3v) is 4.19. The maximum absolute atomic E-state index is 12.1. The Morgan fingerprint density at radius 2 is 1.82 bits per heavy atom. The predicted octanol–water partition coefficient (Wildman–Crippen LogP) is 2.72. The standard InChI is InChI=1S/C19H20Cl2N2O5/c1-27-17(24)11-28-14-6-4-12(5-7-14)3-2-8-22-19(26)18(25)13-9-15(20)23-16(21)10-13/h4-7,9-10,18,25H,2-3,8,11H2,1H3,(H,22,26). The number of hydrogen-bond acceptors (Lipinski definition) is 6. The van der Waals surface area contributed by atoms with Crippen molar-refractivity contribution in [1.82, 2.24) is 10.3 Å². The van der Waals surface area contributed by atoms with Crippen LogP contribution in [-0.2, 0) is 20.7 Å². The first-order valence-electron chi connectivity index (χ1n) is 8.46. The molecular formula is C19H20Cl2N2O5. The lowest BCUT2D eigenvalue weighted by Crippen LogP contribution is -2.30. The van der Waals surface area contributed by atoms with E-state index in [4.69, 9.17) is 27.9 Å². The maximum Gasteiger partial charge on any atom is 0.343 e. The molecule has 7 nitrogen and oxygen atoms in total. The molecule has 1 amide bonds.